The zero-order chi connectivity index (χ0) is 8.10. The van der Waals surface area contributed by atoms with Crippen molar-refractivity contribution in [3.8, 4) is 0 Å². The summed E-state index contributed by atoms with van der Waals surface area (Å²) in [5.74, 6) is 0. The van der Waals surface area contributed by atoms with Crippen molar-refractivity contribution in [2.24, 2.45) is 0 Å². The Labute approximate surface area is 69.3 Å². The highest BCUT2D eigenvalue weighted by atomic mass is 28.2. The first kappa shape index (κ1) is 8.29. The summed E-state index contributed by atoms with van der Waals surface area (Å²) in [6, 6.07) is 7.77. The van der Waals surface area contributed by atoms with Crippen molar-refractivity contribution in [2.75, 3.05) is 12.3 Å². The summed E-state index contributed by atoms with van der Waals surface area (Å²) in [4.78, 5) is 0. The molecule has 0 saturated carbocycles. The molecule has 0 aliphatic rings. The van der Waals surface area contributed by atoms with Crippen LogP contribution in [0.1, 0.15) is 6.92 Å². The molecule has 0 fully saturated rings. The van der Waals surface area contributed by atoms with Crippen molar-refractivity contribution in [1.82, 2.24) is 0 Å². The molecule has 0 amide bonds. The Morgan fingerprint density at radius 3 is 3.00 bits per heavy atom. The van der Waals surface area contributed by atoms with E-state index in [2.05, 4.69) is 0 Å². The minimum atomic E-state index is 0.421. The van der Waals surface area contributed by atoms with E-state index < -0.39 is 0 Å². The van der Waals surface area contributed by atoms with E-state index in [1.165, 1.54) is 0 Å². The van der Waals surface area contributed by atoms with Crippen LogP contribution in [0.2, 0.25) is 0 Å². The fourth-order valence-electron chi connectivity index (χ4n) is 0.758. The molecular formula is C8H11NOSi. The van der Waals surface area contributed by atoms with Gasteiger partial charge in [0.15, 0.2) is 0 Å². The molecule has 2 N–H and O–H groups in total. The number of nitrogen functional groups attached to an aromatic ring is 1. The quantitative estimate of drug-likeness (QED) is 0.524. The maximum absolute atomic E-state index is 5.58. The molecule has 0 aliphatic heterocycles. The summed E-state index contributed by atoms with van der Waals surface area (Å²) in [5, 5.41) is 1.16. The van der Waals surface area contributed by atoms with Gasteiger partial charge in [0, 0.05) is 12.3 Å². The molecule has 2 nitrogen and oxygen atoms in total. The van der Waals surface area contributed by atoms with E-state index in [4.69, 9.17) is 10.2 Å². The molecule has 0 bridgehead atoms. The lowest BCUT2D eigenvalue weighted by Crippen LogP contribution is -2.17. The lowest BCUT2D eigenvalue weighted by molar-refractivity contribution is 0.367. The van der Waals surface area contributed by atoms with E-state index >= 15 is 0 Å². The number of rotatable bonds is 3. The van der Waals surface area contributed by atoms with Gasteiger partial charge in [-0.2, -0.15) is 0 Å². The van der Waals surface area contributed by atoms with Gasteiger partial charge in [0.25, 0.3) is 9.76 Å². The average molecular weight is 165 g/mol. The zero-order valence-corrected chi connectivity index (χ0v) is 7.50. The van der Waals surface area contributed by atoms with Crippen LogP contribution < -0.4 is 10.9 Å². The number of nitrogens with two attached hydrogens (primary N) is 1. The molecule has 1 aromatic rings. The monoisotopic (exact) mass is 165 g/mol. The first-order chi connectivity index (χ1) is 5.33. The Bertz CT molecular complexity index is 227. The summed E-state index contributed by atoms with van der Waals surface area (Å²) < 4.78 is 5.25. The molecule has 0 aromatic heterocycles. The second kappa shape index (κ2) is 4.15. The molecule has 0 heterocycles. The van der Waals surface area contributed by atoms with Crippen molar-refractivity contribution in [2.45, 2.75) is 6.92 Å². The van der Waals surface area contributed by atoms with Gasteiger partial charge in [0.1, 0.15) is 0 Å². The van der Waals surface area contributed by atoms with E-state index in [1.807, 2.05) is 31.2 Å². The molecule has 1 aromatic carbocycles. The maximum atomic E-state index is 5.58. The summed E-state index contributed by atoms with van der Waals surface area (Å²) in [5.41, 5.74) is 6.38. The van der Waals surface area contributed by atoms with Gasteiger partial charge in [0.05, 0.1) is 0 Å². The summed E-state index contributed by atoms with van der Waals surface area (Å²) in [6.07, 6.45) is 0. The topological polar surface area (TPSA) is 35.2 Å². The van der Waals surface area contributed by atoms with Crippen LogP contribution in [0, 0.1) is 0 Å². The fourth-order valence-corrected chi connectivity index (χ4v) is 1.46. The van der Waals surface area contributed by atoms with Gasteiger partial charge in [0.2, 0.25) is 0 Å². The second-order valence-electron chi connectivity index (χ2n) is 2.16. The largest absolute Gasteiger partial charge is 0.412 e. The lowest BCUT2D eigenvalue weighted by atomic mass is 10.3. The highest BCUT2D eigenvalue weighted by molar-refractivity contribution is 6.47. The summed E-state index contributed by atoms with van der Waals surface area (Å²) >= 11 is 0. The third-order valence-corrected chi connectivity index (χ3v) is 2.20. The van der Waals surface area contributed by atoms with Gasteiger partial charge in [-0.1, -0.05) is 12.1 Å². The van der Waals surface area contributed by atoms with Crippen LogP contribution in [-0.2, 0) is 4.43 Å². The Morgan fingerprint density at radius 1 is 1.55 bits per heavy atom. The first-order valence-electron chi connectivity index (χ1n) is 3.56. The molecule has 1 rings (SSSR count). The highest BCUT2D eigenvalue weighted by Crippen LogP contribution is 1.95. The predicted molar refractivity (Wildman–Crippen MR) is 47.9 cm³/mol. The normalized spacial score (nSPS) is 9.91. The minimum absolute atomic E-state index is 0.421. The predicted octanol–water partition coefficient (Wildman–Crippen LogP) is 0.550. The van der Waals surface area contributed by atoms with E-state index in [1.54, 1.807) is 0 Å². The van der Waals surface area contributed by atoms with Crippen molar-refractivity contribution in [3.05, 3.63) is 24.3 Å². The number of hydrogen-bond donors (Lipinski definition) is 1. The minimum Gasteiger partial charge on any atom is -0.412 e. The molecule has 0 unspecified atom stereocenters. The Morgan fingerprint density at radius 2 is 2.36 bits per heavy atom. The van der Waals surface area contributed by atoms with Crippen LogP contribution >= 0.6 is 0 Å². The summed E-state index contributed by atoms with van der Waals surface area (Å²) in [6.45, 7) is 2.74. The molecular weight excluding hydrogens is 154 g/mol. The van der Waals surface area contributed by atoms with Gasteiger partial charge in [-0.3, -0.25) is 0 Å². The van der Waals surface area contributed by atoms with Crippen molar-refractivity contribution >= 4 is 20.6 Å². The summed E-state index contributed by atoms with van der Waals surface area (Å²) in [7, 11) is 0.421. The molecule has 3 heteroatoms. The average Bonchev–Trinajstić information content (AvgIpc) is 2.01. The number of benzene rings is 1. The van der Waals surface area contributed by atoms with Gasteiger partial charge < -0.3 is 10.2 Å². The van der Waals surface area contributed by atoms with Crippen molar-refractivity contribution in [3.63, 3.8) is 0 Å². The Hall–Kier alpha value is -0.803. The molecule has 0 aliphatic carbocycles. The standard InChI is InChI=1S/C8H11NOSi/c1-2-10-11-8-5-3-4-7(9)6-8/h3-6H,2,9H2,1H3. The van der Waals surface area contributed by atoms with E-state index in [0.29, 0.717) is 9.76 Å². The van der Waals surface area contributed by atoms with Crippen LogP contribution in [0.5, 0.6) is 0 Å². The number of hydrogen-bond acceptors (Lipinski definition) is 2. The Balaban J connectivity index is 2.56. The lowest BCUT2D eigenvalue weighted by Gasteiger charge is -1.99. The van der Waals surface area contributed by atoms with Crippen molar-refractivity contribution < 1.29 is 4.43 Å². The second-order valence-corrected chi connectivity index (χ2v) is 3.23. The molecule has 0 saturated heterocycles. The molecule has 58 valence electrons. The number of anilines is 1. The fraction of sp³-hybridized carbons (Fsp3) is 0.250. The van der Waals surface area contributed by atoms with E-state index in [0.717, 1.165) is 17.5 Å². The smallest absolute Gasteiger partial charge is 0.268 e. The maximum Gasteiger partial charge on any atom is 0.268 e. The molecule has 11 heavy (non-hydrogen) atoms. The zero-order valence-electron chi connectivity index (χ0n) is 6.50. The van der Waals surface area contributed by atoms with Crippen LogP contribution in [0.25, 0.3) is 0 Å². The first-order valence-corrected chi connectivity index (χ1v) is 4.47. The Kier molecular flexibility index (Phi) is 3.13. The van der Waals surface area contributed by atoms with Gasteiger partial charge in [-0.25, -0.2) is 0 Å². The highest BCUT2D eigenvalue weighted by Gasteiger charge is 1.94. The van der Waals surface area contributed by atoms with Crippen LogP contribution in [0.15, 0.2) is 24.3 Å². The SMILES string of the molecule is CCO[Si]c1cccc(N)c1. The molecule has 2 radical (unpaired) electrons. The molecule has 0 atom stereocenters. The van der Waals surface area contributed by atoms with Gasteiger partial charge in [-0.15, -0.1) is 0 Å². The third kappa shape index (κ3) is 2.74. The van der Waals surface area contributed by atoms with E-state index in [-0.39, 0.29) is 0 Å². The van der Waals surface area contributed by atoms with Gasteiger partial charge >= 0.3 is 0 Å². The third-order valence-electron chi connectivity index (χ3n) is 1.22. The van der Waals surface area contributed by atoms with Crippen LogP contribution in [0.3, 0.4) is 0 Å². The van der Waals surface area contributed by atoms with Gasteiger partial charge in [-0.05, 0) is 24.2 Å². The van der Waals surface area contributed by atoms with Crippen LogP contribution in [-0.4, -0.2) is 16.4 Å². The molecule has 0 spiro atoms. The van der Waals surface area contributed by atoms with Crippen LogP contribution in [0.4, 0.5) is 5.69 Å². The van der Waals surface area contributed by atoms with E-state index in [9.17, 15) is 0 Å². The van der Waals surface area contributed by atoms with Crippen molar-refractivity contribution in [1.29, 1.82) is 0 Å².